The molecule has 106 valence electrons. The smallest absolute Gasteiger partial charge is 0.0406 e. The average molecular weight is 352 g/mol. The molecule has 0 N–H and O–H groups in total. The molecule has 2 heteroatoms. The zero-order valence-corrected chi connectivity index (χ0v) is 14.3. The van der Waals surface area contributed by atoms with E-state index in [9.17, 15) is 0 Å². The highest BCUT2D eigenvalue weighted by atomic mass is 79.9. The van der Waals surface area contributed by atoms with Gasteiger partial charge in [-0.3, -0.25) is 0 Å². The lowest BCUT2D eigenvalue weighted by molar-refractivity contribution is 0.589. The second kappa shape index (κ2) is 7.28. The third-order valence-electron chi connectivity index (χ3n) is 3.67. The van der Waals surface area contributed by atoms with E-state index in [-0.39, 0.29) is 0 Å². The molecule has 2 aromatic rings. The van der Waals surface area contributed by atoms with Crippen molar-refractivity contribution < 1.29 is 0 Å². The summed E-state index contributed by atoms with van der Waals surface area (Å²) in [5.74, 6) is 0.608. The molecule has 2 aromatic carbocycles. The first-order valence-electron chi connectivity index (χ1n) is 6.95. The molecule has 0 saturated carbocycles. The van der Waals surface area contributed by atoms with Gasteiger partial charge in [-0.05, 0) is 61.4 Å². The fourth-order valence-electron chi connectivity index (χ4n) is 2.47. The summed E-state index contributed by atoms with van der Waals surface area (Å²) >= 11 is 9.60. The van der Waals surface area contributed by atoms with Gasteiger partial charge >= 0.3 is 0 Å². The van der Waals surface area contributed by atoms with E-state index in [1.54, 1.807) is 0 Å². The zero-order chi connectivity index (χ0) is 14.5. The van der Waals surface area contributed by atoms with E-state index in [2.05, 4.69) is 60.1 Å². The molecule has 0 spiro atoms. The summed E-state index contributed by atoms with van der Waals surface area (Å²) in [6, 6.07) is 14.9. The highest BCUT2D eigenvalue weighted by Gasteiger charge is 2.11. The van der Waals surface area contributed by atoms with Gasteiger partial charge in [-0.15, -0.1) is 0 Å². The van der Waals surface area contributed by atoms with Crippen molar-refractivity contribution >= 4 is 27.5 Å². The summed E-state index contributed by atoms with van der Waals surface area (Å²) in [6.45, 7) is 4.35. The van der Waals surface area contributed by atoms with E-state index >= 15 is 0 Å². The fourth-order valence-corrected chi connectivity index (χ4v) is 3.05. The average Bonchev–Trinajstić information content (AvgIpc) is 2.44. The summed E-state index contributed by atoms with van der Waals surface area (Å²) in [6.07, 6.45) is 2.19. The Balaban J connectivity index is 2.08. The highest BCUT2D eigenvalue weighted by Crippen LogP contribution is 2.21. The summed E-state index contributed by atoms with van der Waals surface area (Å²) in [7, 11) is 0. The molecule has 0 aliphatic heterocycles. The molecule has 0 aliphatic carbocycles. The maximum absolute atomic E-state index is 5.94. The second-order valence-electron chi connectivity index (χ2n) is 5.48. The van der Waals surface area contributed by atoms with Gasteiger partial charge in [0.1, 0.15) is 0 Å². The maximum Gasteiger partial charge on any atom is 0.0406 e. The van der Waals surface area contributed by atoms with Crippen molar-refractivity contribution in [1.82, 2.24) is 0 Å². The SMILES string of the molecule is Cc1ccc(C)c(CC(CBr)Cc2ccc(Cl)cc2)c1. The lowest BCUT2D eigenvalue weighted by Gasteiger charge is -2.16. The Morgan fingerprint density at radius 3 is 2.35 bits per heavy atom. The molecule has 0 aromatic heterocycles. The van der Waals surface area contributed by atoms with E-state index in [1.165, 1.54) is 22.3 Å². The molecule has 0 saturated heterocycles. The monoisotopic (exact) mass is 350 g/mol. The minimum atomic E-state index is 0.608. The molecule has 0 bridgehead atoms. The van der Waals surface area contributed by atoms with Crippen LogP contribution in [0.2, 0.25) is 5.02 Å². The molecular weight excluding hydrogens is 332 g/mol. The number of hydrogen-bond donors (Lipinski definition) is 0. The van der Waals surface area contributed by atoms with Crippen molar-refractivity contribution in [3.63, 3.8) is 0 Å². The molecular formula is C18H20BrCl. The number of rotatable bonds is 5. The van der Waals surface area contributed by atoms with Crippen LogP contribution in [0.3, 0.4) is 0 Å². The first-order valence-corrected chi connectivity index (χ1v) is 8.45. The number of hydrogen-bond acceptors (Lipinski definition) is 0. The van der Waals surface area contributed by atoms with Gasteiger partial charge in [0.15, 0.2) is 0 Å². The van der Waals surface area contributed by atoms with E-state index in [4.69, 9.17) is 11.6 Å². The Labute approximate surface area is 135 Å². The van der Waals surface area contributed by atoms with E-state index in [0.717, 1.165) is 23.2 Å². The number of halogens is 2. The predicted molar refractivity (Wildman–Crippen MR) is 92.1 cm³/mol. The van der Waals surface area contributed by atoms with Crippen LogP contribution in [0.15, 0.2) is 42.5 Å². The molecule has 2 rings (SSSR count). The van der Waals surface area contributed by atoms with Crippen LogP contribution in [-0.2, 0) is 12.8 Å². The molecule has 0 amide bonds. The van der Waals surface area contributed by atoms with E-state index < -0.39 is 0 Å². The summed E-state index contributed by atoms with van der Waals surface area (Å²) < 4.78 is 0. The minimum Gasteiger partial charge on any atom is -0.0925 e. The van der Waals surface area contributed by atoms with Crippen molar-refractivity contribution in [2.45, 2.75) is 26.7 Å². The molecule has 0 nitrogen and oxygen atoms in total. The Hall–Kier alpha value is -0.790. The van der Waals surface area contributed by atoms with Gasteiger partial charge in [-0.2, -0.15) is 0 Å². The van der Waals surface area contributed by atoms with Crippen LogP contribution in [0.1, 0.15) is 22.3 Å². The van der Waals surface area contributed by atoms with Gasteiger partial charge < -0.3 is 0 Å². The quantitative estimate of drug-likeness (QED) is 0.601. The third kappa shape index (κ3) is 4.36. The molecule has 1 unspecified atom stereocenters. The Morgan fingerprint density at radius 1 is 1.00 bits per heavy atom. The highest BCUT2D eigenvalue weighted by molar-refractivity contribution is 9.09. The van der Waals surface area contributed by atoms with E-state index in [1.807, 2.05) is 12.1 Å². The van der Waals surface area contributed by atoms with Crippen molar-refractivity contribution in [2.24, 2.45) is 5.92 Å². The Bertz CT molecular complexity index is 560. The third-order valence-corrected chi connectivity index (χ3v) is 4.84. The van der Waals surface area contributed by atoms with Crippen molar-refractivity contribution in [1.29, 1.82) is 0 Å². The molecule has 0 radical (unpaired) electrons. The molecule has 0 fully saturated rings. The number of alkyl halides is 1. The van der Waals surface area contributed by atoms with Crippen LogP contribution < -0.4 is 0 Å². The maximum atomic E-state index is 5.94. The van der Waals surface area contributed by atoms with Gasteiger partial charge in [0.2, 0.25) is 0 Å². The lowest BCUT2D eigenvalue weighted by atomic mass is 9.91. The zero-order valence-electron chi connectivity index (χ0n) is 12.0. The van der Waals surface area contributed by atoms with Gasteiger partial charge in [0.05, 0.1) is 0 Å². The van der Waals surface area contributed by atoms with Gasteiger partial charge in [-0.25, -0.2) is 0 Å². The summed E-state index contributed by atoms with van der Waals surface area (Å²) in [4.78, 5) is 0. The fraction of sp³-hybridized carbons (Fsp3) is 0.333. The van der Waals surface area contributed by atoms with Crippen LogP contribution >= 0.6 is 27.5 Å². The molecule has 0 aliphatic rings. The van der Waals surface area contributed by atoms with Crippen LogP contribution in [0.5, 0.6) is 0 Å². The first kappa shape index (κ1) is 15.6. The van der Waals surface area contributed by atoms with Crippen LogP contribution in [0, 0.1) is 19.8 Å². The summed E-state index contributed by atoms with van der Waals surface area (Å²) in [5, 5.41) is 1.82. The lowest BCUT2D eigenvalue weighted by Crippen LogP contribution is -2.11. The van der Waals surface area contributed by atoms with Crippen molar-refractivity contribution in [2.75, 3.05) is 5.33 Å². The second-order valence-corrected chi connectivity index (χ2v) is 6.57. The Morgan fingerprint density at radius 2 is 1.70 bits per heavy atom. The molecule has 1 atom stereocenters. The van der Waals surface area contributed by atoms with Gasteiger partial charge in [-0.1, -0.05) is 63.4 Å². The van der Waals surface area contributed by atoms with Crippen molar-refractivity contribution in [3.8, 4) is 0 Å². The predicted octanol–water partition coefficient (Wildman–Crippen LogP) is 5.75. The minimum absolute atomic E-state index is 0.608. The van der Waals surface area contributed by atoms with Crippen molar-refractivity contribution in [3.05, 3.63) is 69.7 Å². The van der Waals surface area contributed by atoms with Gasteiger partial charge in [0, 0.05) is 10.4 Å². The number of aryl methyl sites for hydroxylation is 2. The molecule has 20 heavy (non-hydrogen) atoms. The van der Waals surface area contributed by atoms with Crippen LogP contribution in [0.4, 0.5) is 0 Å². The van der Waals surface area contributed by atoms with Crippen LogP contribution in [0.25, 0.3) is 0 Å². The standard InChI is InChI=1S/C18H20BrCl/c1-13-3-4-14(2)17(9-13)11-16(12-19)10-15-5-7-18(20)8-6-15/h3-9,16H,10-12H2,1-2H3. The normalized spacial score (nSPS) is 12.4. The summed E-state index contributed by atoms with van der Waals surface area (Å²) in [5.41, 5.74) is 5.54. The van der Waals surface area contributed by atoms with E-state index in [0.29, 0.717) is 5.92 Å². The first-order chi connectivity index (χ1) is 9.58. The van der Waals surface area contributed by atoms with Crippen LogP contribution in [-0.4, -0.2) is 5.33 Å². The molecule has 0 heterocycles. The largest absolute Gasteiger partial charge is 0.0925 e. The topological polar surface area (TPSA) is 0 Å². The Kier molecular flexibility index (Phi) is 5.68. The van der Waals surface area contributed by atoms with Gasteiger partial charge in [0.25, 0.3) is 0 Å². The number of benzene rings is 2.